The van der Waals surface area contributed by atoms with Gasteiger partial charge in [0.1, 0.15) is 5.75 Å². The van der Waals surface area contributed by atoms with Gasteiger partial charge in [0, 0.05) is 37.2 Å². The number of benzene rings is 2. The molecule has 6 heteroatoms. The zero-order chi connectivity index (χ0) is 19.8. The molecule has 0 aliphatic carbocycles. The highest BCUT2D eigenvalue weighted by Crippen LogP contribution is 2.34. The van der Waals surface area contributed by atoms with Gasteiger partial charge < -0.3 is 14.5 Å². The first-order chi connectivity index (χ1) is 13.5. The SMILES string of the molecule is CC1Cc2ccccc2N1C(=O)CCC(=O)c1ccc2c(c1)N(C)C(=O)CO2. The van der Waals surface area contributed by atoms with Crippen LogP contribution in [0.2, 0.25) is 0 Å². The highest BCUT2D eigenvalue weighted by molar-refractivity contribution is 6.04. The van der Waals surface area contributed by atoms with E-state index in [1.54, 1.807) is 30.1 Å². The van der Waals surface area contributed by atoms with Crippen molar-refractivity contribution in [3.05, 3.63) is 53.6 Å². The van der Waals surface area contributed by atoms with Crippen molar-refractivity contribution in [1.82, 2.24) is 0 Å². The summed E-state index contributed by atoms with van der Waals surface area (Å²) in [5, 5.41) is 0. The largest absolute Gasteiger partial charge is 0.482 e. The number of ketones is 1. The number of fused-ring (bicyclic) bond motifs is 2. The van der Waals surface area contributed by atoms with Crippen LogP contribution in [0.5, 0.6) is 5.75 Å². The minimum Gasteiger partial charge on any atom is -0.482 e. The Labute approximate surface area is 163 Å². The summed E-state index contributed by atoms with van der Waals surface area (Å²) < 4.78 is 5.39. The maximum atomic E-state index is 12.8. The minimum absolute atomic E-state index is 0.000782. The van der Waals surface area contributed by atoms with E-state index in [2.05, 4.69) is 0 Å². The zero-order valence-corrected chi connectivity index (χ0v) is 16.0. The number of rotatable bonds is 4. The highest BCUT2D eigenvalue weighted by Gasteiger charge is 2.30. The lowest BCUT2D eigenvalue weighted by Crippen LogP contribution is -2.36. The van der Waals surface area contributed by atoms with E-state index in [0.717, 1.165) is 17.7 Å². The number of likely N-dealkylation sites (N-methyl/N-ethyl adjacent to an activating group) is 1. The van der Waals surface area contributed by atoms with Crippen molar-refractivity contribution in [2.75, 3.05) is 23.5 Å². The Kier molecular flexibility index (Phi) is 4.63. The average Bonchev–Trinajstić information content (AvgIpc) is 3.04. The number of anilines is 2. The Balaban J connectivity index is 1.45. The molecular formula is C22H22N2O4. The summed E-state index contributed by atoms with van der Waals surface area (Å²) in [7, 11) is 1.66. The molecule has 0 radical (unpaired) electrons. The number of ether oxygens (including phenoxy) is 1. The monoisotopic (exact) mass is 378 g/mol. The Bertz CT molecular complexity index is 969. The summed E-state index contributed by atoms with van der Waals surface area (Å²) in [4.78, 5) is 40.5. The van der Waals surface area contributed by atoms with E-state index < -0.39 is 0 Å². The van der Waals surface area contributed by atoms with Gasteiger partial charge in [0.2, 0.25) is 5.91 Å². The van der Waals surface area contributed by atoms with Crippen LogP contribution in [-0.2, 0) is 16.0 Å². The van der Waals surface area contributed by atoms with Gasteiger partial charge in [-0.15, -0.1) is 0 Å². The first-order valence-electron chi connectivity index (χ1n) is 9.42. The molecule has 1 unspecified atom stereocenters. The molecule has 0 spiro atoms. The van der Waals surface area contributed by atoms with Gasteiger partial charge in [0.15, 0.2) is 12.4 Å². The second-order valence-electron chi connectivity index (χ2n) is 7.29. The first-order valence-corrected chi connectivity index (χ1v) is 9.42. The Morgan fingerprint density at radius 3 is 2.71 bits per heavy atom. The van der Waals surface area contributed by atoms with Crippen molar-refractivity contribution in [1.29, 1.82) is 0 Å². The molecule has 2 aromatic rings. The van der Waals surface area contributed by atoms with Gasteiger partial charge in [0.25, 0.3) is 5.91 Å². The number of para-hydroxylation sites is 1. The van der Waals surface area contributed by atoms with Crippen molar-refractivity contribution >= 4 is 29.0 Å². The molecule has 2 aromatic carbocycles. The number of Topliss-reactive ketones (excluding diaryl/α,β-unsaturated/α-hetero) is 1. The average molecular weight is 378 g/mol. The van der Waals surface area contributed by atoms with Crippen LogP contribution in [0.15, 0.2) is 42.5 Å². The summed E-state index contributed by atoms with van der Waals surface area (Å²) in [6, 6.07) is 13.0. The molecule has 1 atom stereocenters. The Morgan fingerprint density at radius 2 is 1.89 bits per heavy atom. The lowest BCUT2D eigenvalue weighted by Gasteiger charge is -2.26. The fourth-order valence-electron chi connectivity index (χ4n) is 3.88. The molecule has 28 heavy (non-hydrogen) atoms. The fourth-order valence-corrected chi connectivity index (χ4v) is 3.88. The number of amides is 2. The molecule has 0 bridgehead atoms. The van der Waals surface area contributed by atoms with Crippen LogP contribution in [-0.4, -0.2) is 37.3 Å². The molecule has 2 aliphatic rings. The molecule has 144 valence electrons. The lowest BCUT2D eigenvalue weighted by molar-refractivity contribution is -0.121. The topological polar surface area (TPSA) is 66.9 Å². The van der Waals surface area contributed by atoms with E-state index in [9.17, 15) is 14.4 Å². The molecule has 0 saturated carbocycles. The molecular weight excluding hydrogens is 356 g/mol. The van der Waals surface area contributed by atoms with Crippen LogP contribution in [0.3, 0.4) is 0 Å². The lowest BCUT2D eigenvalue weighted by atomic mass is 10.0. The maximum Gasteiger partial charge on any atom is 0.264 e. The van der Waals surface area contributed by atoms with Crippen molar-refractivity contribution in [3.63, 3.8) is 0 Å². The predicted octanol–water partition coefficient (Wildman–Crippen LogP) is 2.98. The van der Waals surface area contributed by atoms with Crippen LogP contribution >= 0.6 is 0 Å². The normalized spacial score (nSPS) is 17.8. The summed E-state index contributed by atoms with van der Waals surface area (Å²) in [5.74, 6) is 0.258. The summed E-state index contributed by atoms with van der Waals surface area (Å²) in [5.41, 5.74) is 3.16. The number of carbonyl (C=O) groups is 3. The summed E-state index contributed by atoms with van der Waals surface area (Å²) in [6.07, 6.45) is 1.11. The molecule has 6 nitrogen and oxygen atoms in total. The predicted molar refractivity (Wildman–Crippen MR) is 106 cm³/mol. The van der Waals surface area contributed by atoms with Crippen LogP contribution in [0.4, 0.5) is 11.4 Å². The van der Waals surface area contributed by atoms with E-state index in [4.69, 9.17) is 4.74 Å². The van der Waals surface area contributed by atoms with Crippen molar-refractivity contribution in [2.24, 2.45) is 0 Å². The minimum atomic E-state index is -0.158. The van der Waals surface area contributed by atoms with Crippen LogP contribution < -0.4 is 14.5 Å². The van der Waals surface area contributed by atoms with Gasteiger partial charge in [0.05, 0.1) is 5.69 Å². The van der Waals surface area contributed by atoms with Gasteiger partial charge in [-0.05, 0) is 43.2 Å². The van der Waals surface area contributed by atoms with Gasteiger partial charge in [-0.3, -0.25) is 14.4 Å². The Morgan fingerprint density at radius 1 is 1.11 bits per heavy atom. The van der Waals surface area contributed by atoms with Gasteiger partial charge in [-0.2, -0.15) is 0 Å². The third kappa shape index (κ3) is 3.15. The van der Waals surface area contributed by atoms with E-state index in [0.29, 0.717) is 17.0 Å². The van der Waals surface area contributed by atoms with E-state index in [1.165, 1.54) is 4.90 Å². The number of carbonyl (C=O) groups excluding carboxylic acids is 3. The van der Waals surface area contributed by atoms with Gasteiger partial charge in [-0.1, -0.05) is 18.2 Å². The standard InChI is InChI=1S/C22H22N2O4/c1-14-11-15-5-3-4-6-17(15)24(14)21(26)10-8-19(25)16-7-9-20-18(12-16)23(2)22(27)13-28-20/h3-7,9,12,14H,8,10-11,13H2,1-2H3. The molecule has 0 saturated heterocycles. The van der Waals surface area contributed by atoms with Crippen molar-refractivity contribution in [3.8, 4) is 5.75 Å². The van der Waals surface area contributed by atoms with Gasteiger partial charge in [-0.25, -0.2) is 0 Å². The zero-order valence-electron chi connectivity index (χ0n) is 16.0. The van der Waals surface area contributed by atoms with E-state index in [1.807, 2.05) is 31.2 Å². The Hall–Kier alpha value is -3.15. The smallest absolute Gasteiger partial charge is 0.264 e. The van der Waals surface area contributed by atoms with Gasteiger partial charge >= 0.3 is 0 Å². The first kappa shape index (κ1) is 18.2. The highest BCUT2D eigenvalue weighted by atomic mass is 16.5. The van der Waals surface area contributed by atoms with Crippen LogP contribution in [0, 0.1) is 0 Å². The second-order valence-corrected chi connectivity index (χ2v) is 7.29. The molecule has 2 heterocycles. The van der Waals surface area contributed by atoms with E-state index >= 15 is 0 Å². The molecule has 4 rings (SSSR count). The second kappa shape index (κ2) is 7.11. The third-order valence-corrected chi connectivity index (χ3v) is 5.41. The molecule has 0 aromatic heterocycles. The molecule has 2 amide bonds. The van der Waals surface area contributed by atoms with Crippen LogP contribution in [0.25, 0.3) is 0 Å². The fraction of sp³-hybridized carbons (Fsp3) is 0.318. The molecule has 2 aliphatic heterocycles. The number of hydrogen-bond acceptors (Lipinski definition) is 4. The third-order valence-electron chi connectivity index (χ3n) is 5.41. The molecule has 0 N–H and O–H groups in total. The molecule has 0 fully saturated rings. The van der Waals surface area contributed by atoms with E-state index in [-0.39, 0.29) is 43.1 Å². The summed E-state index contributed by atoms with van der Waals surface area (Å²) >= 11 is 0. The quantitative estimate of drug-likeness (QED) is 0.767. The van der Waals surface area contributed by atoms with Crippen molar-refractivity contribution in [2.45, 2.75) is 32.2 Å². The van der Waals surface area contributed by atoms with Crippen molar-refractivity contribution < 1.29 is 19.1 Å². The number of hydrogen-bond donors (Lipinski definition) is 0. The number of nitrogens with zero attached hydrogens (tertiary/aromatic N) is 2. The van der Waals surface area contributed by atoms with Crippen LogP contribution in [0.1, 0.15) is 35.7 Å². The summed E-state index contributed by atoms with van der Waals surface area (Å²) in [6.45, 7) is 2.02. The maximum absolute atomic E-state index is 12.8.